The van der Waals surface area contributed by atoms with E-state index >= 15 is 0 Å². The summed E-state index contributed by atoms with van der Waals surface area (Å²) in [6, 6.07) is 4.31. The lowest BCUT2D eigenvalue weighted by atomic mass is 10.1. The zero-order valence-electron chi connectivity index (χ0n) is 14.0. The highest BCUT2D eigenvalue weighted by molar-refractivity contribution is 7.09. The SMILES string of the molecule is CN=C(NCCNC(C)(C)C)NCC(C)Cc1cccs1. The molecule has 5 heteroatoms. The van der Waals surface area contributed by atoms with Gasteiger partial charge in [0.15, 0.2) is 5.96 Å². The summed E-state index contributed by atoms with van der Waals surface area (Å²) >= 11 is 1.83. The van der Waals surface area contributed by atoms with Crippen LogP contribution >= 0.6 is 11.3 Å². The monoisotopic (exact) mass is 310 g/mol. The summed E-state index contributed by atoms with van der Waals surface area (Å²) in [5, 5.41) is 12.3. The van der Waals surface area contributed by atoms with Gasteiger partial charge in [0.05, 0.1) is 0 Å². The molecule has 1 heterocycles. The lowest BCUT2D eigenvalue weighted by molar-refractivity contribution is 0.428. The van der Waals surface area contributed by atoms with Crippen molar-refractivity contribution in [3.63, 3.8) is 0 Å². The molecule has 0 aromatic carbocycles. The van der Waals surface area contributed by atoms with Crippen molar-refractivity contribution in [2.75, 3.05) is 26.7 Å². The molecule has 0 spiro atoms. The first-order valence-corrected chi connectivity index (χ1v) is 8.50. The molecule has 1 rings (SSSR count). The van der Waals surface area contributed by atoms with Crippen molar-refractivity contribution in [1.82, 2.24) is 16.0 Å². The summed E-state index contributed by atoms with van der Waals surface area (Å²) in [7, 11) is 1.82. The van der Waals surface area contributed by atoms with Gasteiger partial charge in [-0.2, -0.15) is 0 Å². The van der Waals surface area contributed by atoms with E-state index in [4.69, 9.17) is 0 Å². The van der Waals surface area contributed by atoms with E-state index in [1.54, 1.807) is 0 Å². The van der Waals surface area contributed by atoms with Gasteiger partial charge in [0.2, 0.25) is 0 Å². The first-order valence-electron chi connectivity index (χ1n) is 7.62. The van der Waals surface area contributed by atoms with Gasteiger partial charge in [-0.1, -0.05) is 13.0 Å². The minimum atomic E-state index is 0.161. The van der Waals surface area contributed by atoms with Gasteiger partial charge in [-0.05, 0) is 44.6 Å². The molecule has 21 heavy (non-hydrogen) atoms. The van der Waals surface area contributed by atoms with E-state index in [9.17, 15) is 0 Å². The van der Waals surface area contributed by atoms with Gasteiger partial charge in [-0.15, -0.1) is 11.3 Å². The predicted molar refractivity (Wildman–Crippen MR) is 94.3 cm³/mol. The average Bonchev–Trinajstić information content (AvgIpc) is 2.89. The van der Waals surface area contributed by atoms with Gasteiger partial charge in [0, 0.05) is 37.1 Å². The first-order chi connectivity index (χ1) is 9.90. The minimum absolute atomic E-state index is 0.161. The fourth-order valence-corrected chi connectivity index (χ4v) is 2.82. The maximum absolute atomic E-state index is 4.26. The fourth-order valence-electron chi connectivity index (χ4n) is 1.95. The molecule has 0 saturated heterocycles. The number of rotatable bonds is 7. The molecular weight excluding hydrogens is 280 g/mol. The molecule has 120 valence electrons. The Labute approximate surface area is 133 Å². The van der Waals surface area contributed by atoms with Crippen LogP contribution < -0.4 is 16.0 Å². The summed E-state index contributed by atoms with van der Waals surface area (Å²) in [6.07, 6.45) is 1.12. The fraction of sp³-hybridized carbons (Fsp3) is 0.688. The summed E-state index contributed by atoms with van der Waals surface area (Å²) < 4.78 is 0. The minimum Gasteiger partial charge on any atom is -0.356 e. The molecule has 1 aromatic rings. The topological polar surface area (TPSA) is 48.5 Å². The molecule has 3 N–H and O–H groups in total. The van der Waals surface area contributed by atoms with Crippen LogP contribution in [0.15, 0.2) is 22.5 Å². The number of hydrogen-bond acceptors (Lipinski definition) is 3. The number of thiophene rings is 1. The maximum atomic E-state index is 4.26. The van der Waals surface area contributed by atoms with E-state index in [1.807, 2.05) is 18.4 Å². The molecule has 0 aliphatic carbocycles. The highest BCUT2D eigenvalue weighted by Crippen LogP contribution is 2.13. The Kier molecular flexibility index (Phi) is 7.75. The van der Waals surface area contributed by atoms with Crippen LogP contribution in [0.1, 0.15) is 32.6 Å². The van der Waals surface area contributed by atoms with E-state index in [0.717, 1.165) is 32.0 Å². The Hall–Kier alpha value is -1.07. The smallest absolute Gasteiger partial charge is 0.191 e. The van der Waals surface area contributed by atoms with Crippen molar-refractivity contribution in [1.29, 1.82) is 0 Å². The van der Waals surface area contributed by atoms with Crippen molar-refractivity contribution < 1.29 is 0 Å². The molecule has 0 saturated carbocycles. The molecule has 1 atom stereocenters. The third-order valence-corrected chi connectivity index (χ3v) is 3.94. The van der Waals surface area contributed by atoms with Gasteiger partial charge >= 0.3 is 0 Å². The Bertz CT molecular complexity index is 406. The Morgan fingerprint density at radius 1 is 1.29 bits per heavy atom. The zero-order valence-corrected chi connectivity index (χ0v) is 14.8. The molecular formula is C16H30N4S. The zero-order chi connectivity index (χ0) is 15.7. The van der Waals surface area contributed by atoms with Crippen LogP contribution in [0.3, 0.4) is 0 Å². The Morgan fingerprint density at radius 3 is 2.62 bits per heavy atom. The van der Waals surface area contributed by atoms with Crippen LogP contribution in [0.5, 0.6) is 0 Å². The van der Waals surface area contributed by atoms with E-state index in [1.165, 1.54) is 4.88 Å². The summed E-state index contributed by atoms with van der Waals surface area (Å²) in [6.45, 7) is 11.5. The normalized spacial score (nSPS) is 14.0. The highest BCUT2D eigenvalue weighted by Gasteiger charge is 2.08. The maximum Gasteiger partial charge on any atom is 0.191 e. The van der Waals surface area contributed by atoms with E-state index < -0.39 is 0 Å². The van der Waals surface area contributed by atoms with Crippen molar-refractivity contribution in [3.8, 4) is 0 Å². The van der Waals surface area contributed by atoms with E-state index in [-0.39, 0.29) is 5.54 Å². The molecule has 0 bridgehead atoms. The highest BCUT2D eigenvalue weighted by atomic mass is 32.1. The average molecular weight is 311 g/mol. The number of nitrogens with one attached hydrogen (secondary N) is 3. The van der Waals surface area contributed by atoms with Gasteiger partial charge in [0.1, 0.15) is 0 Å². The Morgan fingerprint density at radius 2 is 2.05 bits per heavy atom. The summed E-state index contributed by atoms with van der Waals surface area (Å²) in [5.74, 6) is 1.47. The molecule has 1 unspecified atom stereocenters. The van der Waals surface area contributed by atoms with Crippen LogP contribution in [-0.2, 0) is 6.42 Å². The second-order valence-corrected chi connectivity index (χ2v) is 7.48. The molecule has 4 nitrogen and oxygen atoms in total. The standard InChI is InChI=1S/C16H30N4S/c1-13(11-14-7-6-10-21-14)12-19-15(17-5)18-8-9-20-16(2,3)4/h6-7,10,13,20H,8-9,11-12H2,1-5H3,(H2,17,18,19). The second kappa shape index (κ2) is 9.05. The number of nitrogens with zero attached hydrogens (tertiary/aromatic N) is 1. The molecule has 0 aliphatic heterocycles. The summed E-state index contributed by atoms with van der Waals surface area (Å²) in [4.78, 5) is 5.71. The van der Waals surface area contributed by atoms with Crippen LogP contribution in [0.2, 0.25) is 0 Å². The van der Waals surface area contributed by atoms with Gasteiger partial charge in [-0.3, -0.25) is 4.99 Å². The van der Waals surface area contributed by atoms with Crippen molar-refractivity contribution in [3.05, 3.63) is 22.4 Å². The molecule has 1 aromatic heterocycles. The van der Waals surface area contributed by atoms with E-state index in [0.29, 0.717) is 5.92 Å². The number of guanidine groups is 1. The van der Waals surface area contributed by atoms with Crippen LogP contribution in [-0.4, -0.2) is 38.2 Å². The first kappa shape index (κ1) is 18.0. The van der Waals surface area contributed by atoms with Gasteiger partial charge in [-0.25, -0.2) is 0 Å². The largest absolute Gasteiger partial charge is 0.356 e. The van der Waals surface area contributed by atoms with E-state index in [2.05, 4.69) is 66.2 Å². The van der Waals surface area contributed by atoms with Gasteiger partial charge in [0.25, 0.3) is 0 Å². The lowest BCUT2D eigenvalue weighted by Gasteiger charge is -2.21. The van der Waals surface area contributed by atoms with Crippen molar-refractivity contribution in [2.24, 2.45) is 10.9 Å². The van der Waals surface area contributed by atoms with Gasteiger partial charge < -0.3 is 16.0 Å². The third-order valence-electron chi connectivity index (χ3n) is 3.04. The Balaban J connectivity index is 2.19. The van der Waals surface area contributed by atoms with Crippen molar-refractivity contribution in [2.45, 2.75) is 39.7 Å². The molecule has 0 fully saturated rings. The predicted octanol–water partition coefficient (Wildman–Crippen LogP) is 2.48. The second-order valence-electron chi connectivity index (χ2n) is 6.45. The lowest BCUT2D eigenvalue weighted by Crippen LogP contribution is -2.45. The van der Waals surface area contributed by atoms with Crippen LogP contribution in [0, 0.1) is 5.92 Å². The third kappa shape index (κ3) is 8.73. The number of aliphatic imine (C=N–C) groups is 1. The molecule has 0 radical (unpaired) electrons. The van der Waals surface area contributed by atoms with Crippen LogP contribution in [0.4, 0.5) is 0 Å². The van der Waals surface area contributed by atoms with Crippen LogP contribution in [0.25, 0.3) is 0 Å². The van der Waals surface area contributed by atoms with Crippen molar-refractivity contribution >= 4 is 17.3 Å². The molecule has 0 aliphatic rings. The molecule has 0 amide bonds. The number of hydrogen-bond donors (Lipinski definition) is 3. The summed E-state index contributed by atoms with van der Waals surface area (Å²) in [5.41, 5.74) is 0.161. The quantitative estimate of drug-likeness (QED) is 0.412.